The van der Waals surface area contributed by atoms with Crippen molar-refractivity contribution < 1.29 is 18.0 Å². The third-order valence-electron chi connectivity index (χ3n) is 7.82. The maximum Gasteiger partial charge on any atom is 0.264 e. The predicted octanol–water partition coefficient (Wildman–Crippen LogP) is 5.82. The zero-order chi connectivity index (χ0) is 30.1. The molecule has 7 nitrogen and oxygen atoms in total. The summed E-state index contributed by atoms with van der Waals surface area (Å²) in [6.45, 7) is 3.69. The number of aryl methyl sites for hydroxylation is 1. The molecule has 1 N–H and O–H groups in total. The lowest BCUT2D eigenvalue weighted by Gasteiger charge is -2.33. The van der Waals surface area contributed by atoms with Gasteiger partial charge in [0, 0.05) is 17.5 Å². The molecule has 0 unspecified atom stereocenters. The van der Waals surface area contributed by atoms with Crippen LogP contribution in [0.5, 0.6) is 0 Å². The molecule has 224 valence electrons. The van der Waals surface area contributed by atoms with Crippen LogP contribution in [-0.2, 0) is 26.0 Å². The smallest absolute Gasteiger partial charge is 0.264 e. The van der Waals surface area contributed by atoms with E-state index in [9.17, 15) is 18.0 Å². The highest BCUT2D eigenvalue weighted by atomic mass is 32.2. The number of thioether (sulfide) groups is 1. The molecule has 1 atom stereocenters. The van der Waals surface area contributed by atoms with Gasteiger partial charge in [0.05, 0.1) is 10.6 Å². The molecular weight excluding hydrogens is 567 g/mol. The van der Waals surface area contributed by atoms with Crippen LogP contribution in [-0.4, -0.2) is 56.6 Å². The molecule has 1 fully saturated rings. The lowest BCUT2D eigenvalue weighted by atomic mass is 10.1. The standard InChI is InChI=1S/C33H41N3O4S2/c1-4-31(33(38)34-27-12-8-9-13-27)35(23-22-26-10-6-5-7-11-26)32(37)24-36(28-16-14-25(2)15-17-28)42(39,40)30-20-18-29(41-3)19-21-30/h5-7,10-11,14-21,27,31H,4,8-9,12-13,22-24H2,1-3H3,(H,34,38)/t31-/m1/s1. The maximum atomic E-state index is 14.2. The van der Waals surface area contributed by atoms with Crippen LogP contribution in [0, 0.1) is 6.92 Å². The van der Waals surface area contributed by atoms with Crippen LogP contribution in [0.1, 0.15) is 50.2 Å². The minimum absolute atomic E-state index is 0.107. The van der Waals surface area contributed by atoms with Gasteiger partial charge in [-0.3, -0.25) is 13.9 Å². The quantitative estimate of drug-likeness (QED) is 0.248. The molecule has 1 aliphatic rings. The van der Waals surface area contributed by atoms with Crippen LogP contribution in [0.3, 0.4) is 0 Å². The van der Waals surface area contributed by atoms with E-state index >= 15 is 0 Å². The third-order valence-corrected chi connectivity index (χ3v) is 10.4. The Bertz CT molecular complexity index is 1420. The second-order valence-corrected chi connectivity index (χ2v) is 13.5. The van der Waals surface area contributed by atoms with E-state index in [1.54, 1.807) is 41.3 Å². The summed E-state index contributed by atoms with van der Waals surface area (Å²) in [4.78, 5) is 30.3. The van der Waals surface area contributed by atoms with Gasteiger partial charge in [0.15, 0.2) is 0 Å². The van der Waals surface area contributed by atoms with Crippen LogP contribution in [0.2, 0.25) is 0 Å². The molecule has 0 aromatic heterocycles. The van der Waals surface area contributed by atoms with E-state index < -0.39 is 28.5 Å². The van der Waals surface area contributed by atoms with Crippen molar-refractivity contribution in [1.82, 2.24) is 10.2 Å². The van der Waals surface area contributed by atoms with Crippen LogP contribution in [0.15, 0.2) is 88.7 Å². The maximum absolute atomic E-state index is 14.2. The number of sulfonamides is 1. The second-order valence-electron chi connectivity index (χ2n) is 10.8. The fraction of sp³-hybridized carbons (Fsp3) is 0.394. The summed E-state index contributed by atoms with van der Waals surface area (Å²) < 4.78 is 29.2. The Balaban J connectivity index is 1.67. The summed E-state index contributed by atoms with van der Waals surface area (Å²) in [5.74, 6) is -0.590. The molecule has 0 bridgehead atoms. The monoisotopic (exact) mass is 607 g/mol. The predicted molar refractivity (Wildman–Crippen MR) is 170 cm³/mol. The zero-order valence-corrected chi connectivity index (χ0v) is 26.3. The van der Waals surface area contributed by atoms with Crippen molar-refractivity contribution in [2.45, 2.75) is 74.2 Å². The number of rotatable bonds is 13. The number of benzene rings is 3. The minimum Gasteiger partial charge on any atom is -0.352 e. The number of nitrogens with one attached hydrogen (secondary N) is 1. The molecular formula is C33H41N3O4S2. The highest BCUT2D eigenvalue weighted by Gasteiger charge is 2.34. The van der Waals surface area contributed by atoms with Gasteiger partial charge in [-0.25, -0.2) is 8.42 Å². The molecule has 42 heavy (non-hydrogen) atoms. The zero-order valence-electron chi connectivity index (χ0n) is 24.7. The van der Waals surface area contributed by atoms with Crippen molar-refractivity contribution in [3.05, 3.63) is 90.0 Å². The molecule has 3 aromatic rings. The number of anilines is 1. The lowest BCUT2D eigenvalue weighted by molar-refractivity contribution is -0.139. The van der Waals surface area contributed by atoms with E-state index in [0.29, 0.717) is 25.1 Å². The summed E-state index contributed by atoms with van der Waals surface area (Å²) in [6.07, 6.45) is 6.95. The Morgan fingerprint density at radius 1 is 0.952 bits per heavy atom. The van der Waals surface area contributed by atoms with Crippen molar-refractivity contribution in [3.8, 4) is 0 Å². The van der Waals surface area contributed by atoms with Gasteiger partial charge >= 0.3 is 0 Å². The first-order valence-corrected chi connectivity index (χ1v) is 17.3. The molecule has 9 heteroatoms. The second kappa shape index (κ2) is 14.7. The number of carbonyl (C=O) groups excluding carboxylic acids is 2. The molecule has 4 rings (SSSR count). The molecule has 1 saturated carbocycles. The van der Waals surface area contributed by atoms with E-state index in [1.165, 1.54) is 16.1 Å². The van der Waals surface area contributed by atoms with Gasteiger partial charge < -0.3 is 10.2 Å². The largest absolute Gasteiger partial charge is 0.352 e. The summed E-state index contributed by atoms with van der Waals surface area (Å²) in [5, 5.41) is 3.15. The van der Waals surface area contributed by atoms with Crippen molar-refractivity contribution in [1.29, 1.82) is 0 Å². The SMILES string of the molecule is CC[C@H](C(=O)NC1CCCC1)N(CCc1ccccc1)C(=O)CN(c1ccc(C)cc1)S(=O)(=O)c1ccc(SC)cc1. The fourth-order valence-corrected chi connectivity index (χ4v) is 7.20. The van der Waals surface area contributed by atoms with Gasteiger partial charge in [0.2, 0.25) is 11.8 Å². The number of amides is 2. The van der Waals surface area contributed by atoms with Crippen LogP contribution >= 0.6 is 11.8 Å². The van der Waals surface area contributed by atoms with E-state index in [-0.39, 0.29) is 16.8 Å². The molecule has 0 spiro atoms. The van der Waals surface area contributed by atoms with Gasteiger partial charge in [0.25, 0.3) is 10.0 Å². The van der Waals surface area contributed by atoms with Gasteiger partial charge in [-0.1, -0.05) is 67.8 Å². The highest BCUT2D eigenvalue weighted by molar-refractivity contribution is 7.98. The van der Waals surface area contributed by atoms with Crippen LogP contribution in [0.4, 0.5) is 5.69 Å². The summed E-state index contributed by atoms with van der Waals surface area (Å²) in [5.41, 5.74) is 2.42. The molecule has 3 aromatic carbocycles. The van der Waals surface area contributed by atoms with Crippen LogP contribution in [0.25, 0.3) is 0 Å². The van der Waals surface area contributed by atoms with E-state index in [0.717, 1.165) is 41.7 Å². The van der Waals surface area contributed by atoms with E-state index in [2.05, 4.69) is 5.32 Å². The Hall–Kier alpha value is -3.30. The van der Waals surface area contributed by atoms with E-state index in [4.69, 9.17) is 0 Å². The Morgan fingerprint density at radius 3 is 2.19 bits per heavy atom. The Morgan fingerprint density at radius 2 is 1.60 bits per heavy atom. The first-order chi connectivity index (χ1) is 20.2. The van der Waals surface area contributed by atoms with Gasteiger partial charge in [-0.15, -0.1) is 11.8 Å². The summed E-state index contributed by atoms with van der Waals surface area (Å²) in [6, 6.07) is 23.0. The minimum atomic E-state index is -4.08. The van der Waals surface area contributed by atoms with Gasteiger partial charge in [0.1, 0.15) is 12.6 Å². The molecule has 2 amide bonds. The molecule has 0 heterocycles. The molecule has 0 radical (unpaired) electrons. The topological polar surface area (TPSA) is 86.8 Å². The lowest BCUT2D eigenvalue weighted by Crippen LogP contribution is -2.54. The van der Waals surface area contributed by atoms with E-state index in [1.807, 2.05) is 62.6 Å². The first kappa shape index (κ1) is 31.6. The van der Waals surface area contributed by atoms with Crippen molar-refractivity contribution >= 4 is 39.3 Å². The Labute approximate surface area is 254 Å². The molecule has 0 aliphatic heterocycles. The summed E-state index contributed by atoms with van der Waals surface area (Å²) >= 11 is 1.53. The molecule has 0 saturated heterocycles. The average Bonchev–Trinajstić information content (AvgIpc) is 3.52. The van der Waals surface area contributed by atoms with Gasteiger partial charge in [-0.2, -0.15) is 0 Å². The number of hydrogen-bond donors (Lipinski definition) is 1. The summed E-state index contributed by atoms with van der Waals surface area (Å²) in [7, 11) is -4.08. The fourth-order valence-electron chi connectivity index (χ4n) is 5.38. The van der Waals surface area contributed by atoms with Crippen molar-refractivity contribution in [2.75, 3.05) is 23.7 Å². The highest BCUT2D eigenvalue weighted by Crippen LogP contribution is 2.27. The van der Waals surface area contributed by atoms with Crippen LogP contribution < -0.4 is 9.62 Å². The van der Waals surface area contributed by atoms with Crippen molar-refractivity contribution in [3.63, 3.8) is 0 Å². The molecule has 1 aliphatic carbocycles. The Kier molecular flexibility index (Phi) is 11.1. The number of hydrogen-bond acceptors (Lipinski definition) is 5. The third kappa shape index (κ3) is 7.95. The number of carbonyl (C=O) groups is 2. The number of nitrogens with zero attached hydrogens (tertiary/aromatic N) is 2. The first-order valence-electron chi connectivity index (χ1n) is 14.6. The normalized spacial score (nSPS) is 14.4. The average molecular weight is 608 g/mol. The van der Waals surface area contributed by atoms with Crippen molar-refractivity contribution in [2.24, 2.45) is 0 Å². The van der Waals surface area contributed by atoms with Gasteiger partial charge in [-0.05, 0) is 80.8 Å².